The number of phenols is 1. The van der Waals surface area contributed by atoms with Crippen molar-refractivity contribution in [3.8, 4) is 11.4 Å². The van der Waals surface area contributed by atoms with Crippen LogP contribution < -0.4 is 0 Å². The normalized spacial score (nSPS) is 11.1. The minimum absolute atomic E-state index is 0.145. The lowest BCUT2D eigenvalue weighted by atomic mass is 10.1. The molecule has 0 unspecified atom stereocenters. The summed E-state index contributed by atoms with van der Waals surface area (Å²) in [5.74, 6) is -1.47. The van der Waals surface area contributed by atoms with Crippen molar-refractivity contribution in [2.45, 2.75) is 13.8 Å². The molecule has 0 atom stereocenters. The summed E-state index contributed by atoms with van der Waals surface area (Å²) in [5.41, 5.74) is 2.93. The van der Waals surface area contributed by atoms with Crippen molar-refractivity contribution in [2.24, 2.45) is 5.16 Å². The molecule has 104 valence electrons. The van der Waals surface area contributed by atoms with Crippen molar-refractivity contribution in [3.05, 3.63) is 46.8 Å². The van der Waals surface area contributed by atoms with E-state index in [1.54, 1.807) is 6.07 Å². The van der Waals surface area contributed by atoms with E-state index >= 15 is 0 Å². The molecule has 6 heteroatoms. The van der Waals surface area contributed by atoms with E-state index in [1.807, 2.05) is 24.5 Å². The third-order valence-electron chi connectivity index (χ3n) is 3.14. The number of aryl methyl sites for hydroxylation is 1. The Bertz CT molecular complexity index is 701. The smallest absolute Gasteiger partial charge is 0.339 e. The number of oxime groups is 1. The number of aromatic hydroxyl groups is 1. The fraction of sp³-hybridized carbons (Fsp3) is 0.143. The Kier molecular flexibility index (Phi) is 3.47. The standard InChI is InChI=1S/C14H14N2O4/c1-8-5-10(7-15-20)9(2)16(8)11-3-4-12(14(18)19)13(17)6-11/h3-7,17,20H,1-2H3,(H,18,19)/b15-7+. The minimum atomic E-state index is -1.18. The molecule has 6 nitrogen and oxygen atoms in total. The number of aromatic carboxylic acids is 1. The highest BCUT2D eigenvalue weighted by atomic mass is 16.4. The first-order valence-electron chi connectivity index (χ1n) is 5.88. The van der Waals surface area contributed by atoms with Gasteiger partial charge in [-0.25, -0.2) is 4.79 Å². The van der Waals surface area contributed by atoms with E-state index in [0.29, 0.717) is 5.69 Å². The first-order valence-corrected chi connectivity index (χ1v) is 5.88. The summed E-state index contributed by atoms with van der Waals surface area (Å²) < 4.78 is 1.84. The van der Waals surface area contributed by atoms with Gasteiger partial charge < -0.3 is 20.0 Å². The molecular weight excluding hydrogens is 260 g/mol. The van der Waals surface area contributed by atoms with Crippen molar-refractivity contribution >= 4 is 12.2 Å². The maximum Gasteiger partial charge on any atom is 0.339 e. The molecule has 0 fully saturated rings. The van der Waals surface area contributed by atoms with Gasteiger partial charge in [-0.1, -0.05) is 5.16 Å². The van der Waals surface area contributed by atoms with Crippen LogP contribution in [0.4, 0.5) is 0 Å². The number of carboxylic acid groups (broad SMARTS) is 1. The van der Waals surface area contributed by atoms with Crippen molar-refractivity contribution in [1.82, 2.24) is 4.57 Å². The van der Waals surface area contributed by atoms with Gasteiger partial charge in [0, 0.05) is 28.7 Å². The summed E-state index contributed by atoms with van der Waals surface area (Å²) in [6, 6.07) is 6.19. The predicted molar refractivity (Wildman–Crippen MR) is 73.2 cm³/mol. The molecule has 2 rings (SSSR count). The number of nitrogens with zero attached hydrogens (tertiary/aromatic N) is 2. The number of aromatic nitrogens is 1. The van der Waals surface area contributed by atoms with Crippen LogP contribution in [0, 0.1) is 13.8 Å². The molecule has 1 aromatic heterocycles. The van der Waals surface area contributed by atoms with E-state index in [0.717, 1.165) is 17.0 Å². The van der Waals surface area contributed by atoms with Crippen LogP contribution in [0.5, 0.6) is 5.75 Å². The highest BCUT2D eigenvalue weighted by Crippen LogP contribution is 2.25. The van der Waals surface area contributed by atoms with Crippen LogP contribution in [0.25, 0.3) is 5.69 Å². The van der Waals surface area contributed by atoms with Crippen LogP contribution >= 0.6 is 0 Å². The Balaban J connectivity index is 2.58. The molecule has 0 spiro atoms. The summed E-state index contributed by atoms with van der Waals surface area (Å²) >= 11 is 0. The monoisotopic (exact) mass is 274 g/mol. The average Bonchev–Trinajstić information content (AvgIpc) is 2.64. The van der Waals surface area contributed by atoms with Gasteiger partial charge >= 0.3 is 5.97 Å². The number of carbonyl (C=O) groups is 1. The predicted octanol–water partition coefficient (Wildman–Crippen LogP) is 2.31. The van der Waals surface area contributed by atoms with E-state index in [1.165, 1.54) is 18.3 Å². The van der Waals surface area contributed by atoms with Crippen LogP contribution in [-0.2, 0) is 0 Å². The summed E-state index contributed by atoms with van der Waals surface area (Å²) in [5, 5.41) is 30.3. The van der Waals surface area contributed by atoms with Gasteiger partial charge in [0.1, 0.15) is 11.3 Å². The molecule has 0 bridgehead atoms. The van der Waals surface area contributed by atoms with E-state index in [9.17, 15) is 9.90 Å². The molecule has 0 saturated carbocycles. The van der Waals surface area contributed by atoms with Gasteiger partial charge in [0.2, 0.25) is 0 Å². The van der Waals surface area contributed by atoms with Crippen LogP contribution in [0.3, 0.4) is 0 Å². The van der Waals surface area contributed by atoms with Crippen LogP contribution in [0.2, 0.25) is 0 Å². The van der Waals surface area contributed by atoms with Crippen molar-refractivity contribution in [3.63, 3.8) is 0 Å². The first-order chi connectivity index (χ1) is 9.45. The Morgan fingerprint density at radius 2 is 2.00 bits per heavy atom. The third-order valence-corrected chi connectivity index (χ3v) is 3.14. The number of hydrogen-bond donors (Lipinski definition) is 3. The van der Waals surface area contributed by atoms with Crippen molar-refractivity contribution < 1.29 is 20.2 Å². The molecule has 0 aliphatic rings. The second kappa shape index (κ2) is 5.08. The Hall–Kier alpha value is -2.76. The maximum absolute atomic E-state index is 10.9. The fourth-order valence-electron chi connectivity index (χ4n) is 2.22. The minimum Gasteiger partial charge on any atom is -0.507 e. The Morgan fingerprint density at radius 1 is 1.30 bits per heavy atom. The Morgan fingerprint density at radius 3 is 2.55 bits per heavy atom. The molecule has 2 aromatic rings. The van der Waals surface area contributed by atoms with Gasteiger partial charge in [-0.15, -0.1) is 0 Å². The molecule has 0 radical (unpaired) electrons. The zero-order valence-electron chi connectivity index (χ0n) is 11.0. The zero-order valence-corrected chi connectivity index (χ0v) is 11.0. The zero-order chi connectivity index (χ0) is 14.9. The number of hydrogen-bond acceptors (Lipinski definition) is 4. The Labute approximate surface area is 115 Å². The summed E-state index contributed by atoms with van der Waals surface area (Å²) in [4.78, 5) is 10.9. The molecule has 3 N–H and O–H groups in total. The number of benzene rings is 1. The molecule has 0 amide bonds. The van der Waals surface area contributed by atoms with Gasteiger partial charge in [0.25, 0.3) is 0 Å². The summed E-state index contributed by atoms with van der Waals surface area (Å²) in [6.07, 6.45) is 1.32. The van der Waals surface area contributed by atoms with Gasteiger partial charge in [0.05, 0.1) is 6.21 Å². The lowest BCUT2D eigenvalue weighted by molar-refractivity contribution is 0.0694. The third kappa shape index (κ3) is 2.23. The SMILES string of the molecule is Cc1cc(/C=N/O)c(C)n1-c1ccc(C(=O)O)c(O)c1. The highest BCUT2D eigenvalue weighted by molar-refractivity contribution is 5.91. The summed E-state index contributed by atoms with van der Waals surface area (Å²) in [7, 11) is 0. The maximum atomic E-state index is 10.9. The van der Waals surface area contributed by atoms with Gasteiger partial charge in [-0.05, 0) is 32.0 Å². The van der Waals surface area contributed by atoms with Crippen LogP contribution in [0.1, 0.15) is 27.3 Å². The van der Waals surface area contributed by atoms with E-state index in [2.05, 4.69) is 5.16 Å². The van der Waals surface area contributed by atoms with Gasteiger partial charge in [-0.2, -0.15) is 0 Å². The second-order valence-electron chi connectivity index (χ2n) is 4.41. The van der Waals surface area contributed by atoms with Gasteiger partial charge in [-0.3, -0.25) is 0 Å². The van der Waals surface area contributed by atoms with E-state index in [-0.39, 0.29) is 11.3 Å². The highest BCUT2D eigenvalue weighted by Gasteiger charge is 2.14. The van der Waals surface area contributed by atoms with Crippen LogP contribution in [0.15, 0.2) is 29.4 Å². The number of carboxylic acids is 1. The van der Waals surface area contributed by atoms with Crippen LogP contribution in [-0.4, -0.2) is 32.2 Å². The first kappa shape index (κ1) is 13.7. The topological polar surface area (TPSA) is 95.1 Å². The van der Waals surface area contributed by atoms with Crippen molar-refractivity contribution in [1.29, 1.82) is 0 Å². The van der Waals surface area contributed by atoms with Gasteiger partial charge in [0.15, 0.2) is 0 Å². The largest absolute Gasteiger partial charge is 0.507 e. The number of rotatable bonds is 3. The van der Waals surface area contributed by atoms with E-state index in [4.69, 9.17) is 10.3 Å². The molecule has 0 aliphatic carbocycles. The fourth-order valence-corrected chi connectivity index (χ4v) is 2.22. The van der Waals surface area contributed by atoms with Crippen molar-refractivity contribution in [2.75, 3.05) is 0 Å². The second-order valence-corrected chi connectivity index (χ2v) is 4.41. The summed E-state index contributed by atoms with van der Waals surface area (Å²) in [6.45, 7) is 3.70. The average molecular weight is 274 g/mol. The molecule has 0 aliphatic heterocycles. The lowest BCUT2D eigenvalue weighted by Gasteiger charge is -2.11. The lowest BCUT2D eigenvalue weighted by Crippen LogP contribution is -2.02. The molecule has 0 saturated heterocycles. The molecule has 1 aromatic carbocycles. The van der Waals surface area contributed by atoms with E-state index < -0.39 is 5.97 Å². The quantitative estimate of drug-likeness (QED) is 0.454. The molecule has 20 heavy (non-hydrogen) atoms. The molecular formula is C14H14N2O4. The molecule has 1 heterocycles.